The van der Waals surface area contributed by atoms with Gasteiger partial charge >= 0.3 is 0 Å². The molecule has 8 nitrogen and oxygen atoms in total. The van der Waals surface area contributed by atoms with E-state index in [1.54, 1.807) is 16.7 Å². The Morgan fingerprint density at radius 3 is 2.56 bits per heavy atom. The van der Waals surface area contributed by atoms with Gasteiger partial charge in [-0.25, -0.2) is 0 Å². The smallest absolute Gasteiger partial charge is 0.244 e. The third kappa shape index (κ3) is 4.72. The van der Waals surface area contributed by atoms with E-state index in [0.29, 0.717) is 38.2 Å². The maximum Gasteiger partial charge on any atom is 0.244 e. The van der Waals surface area contributed by atoms with Crippen molar-refractivity contribution in [1.82, 2.24) is 10.2 Å². The van der Waals surface area contributed by atoms with Gasteiger partial charge in [-0.15, -0.1) is 11.8 Å². The zero-order chi connectivity index (χ0) is 25.9. The average Bonchev–Trinajstić information content (AvgIpc) is 3.41. The second-order valence-corrected chi connectivity index (χ2v) is 12.2. The van der Waals surface area contributed by atoms with Crippen LogP contribution in [0.4, 0.5) is 5.69 Å². The molecule has 0 radical (unpaired) electrons. The molecule has 36 heavy (non-hydrogen) atoms. The van der Waals surface area contributed by atoms with Crippen molar-refractivity contribution in [3.63, 3.8) is 0 Å². The van der Waals surface area contributed by atoms with E-state index in [0.717, 1.165) is 31.4 Å². The fraction of sp³-hybridized carbons (Fsp3) is 0.667. The second kappa shape index (κ2) is 11.0. The maximum atomic E-state index is 13.9. The highest BCUT2D eigenvalue weighted by Crippen LogP contribution is 2.71. The number of benzene rings is 1. The van der Waals surface area contributed by atoms with E-state index in [4.69, 9.17) is 4.74 Å². The number of hydrogen-bond acceptors (Lipinski definition) is 6. The number of aliphatic hydroxyl groups excluding tert-OH is 1. The molecule has 0 saturated carbocycles. The number of aliphatic hydroxyl groups is 1. The van der Waals surface area contributed by atoms with E-state index >= 15 is 0 Å². The lowest BCUT2D eigenvalue weighted by atomic mass is 9.66. The summed E-state index contributed by atoms with van der Waals surface area (Å²) in [5.74, 6) is -0.724. The molecule has 3 aliphatic heterocycles. The first-order valence-corrected chi connectivity index (χ1v) is 14.1. The van der Waals surface area contributed by atoms with Crippen molar-refractivity contribution in [2.24, 2.45) is 11.8 Å². The van der Waals surface area contributed by atoms with Crippen molar-refractivity contribution >= 4 is 35.2 Å². The molecule has 3 heterocycles. The monoisotopic (exact) mass is 517 g/mol. The highest BCUT2D eigenvalue weighted by Gasteiger charge is 2.76. The molecule has 3 aliphatic rings. The van der Waals surface area contributed by atoms with Crippen LogP contribution in [0.5, 0.6) is 5.75 Å². The molecule has 3 fully saturated rings. The van der Waals surface area contributed by atoms with Gasteiger partial charge in [0.05, 0.1) is 23.2 Å². The Labute approximate surface area is 217 Å². The SMILES string of the molecule is CCCCNC(=O)C1N(CCCCO)C(=O)[C@@H]2[C@H](C(=O)Nc3ccc(OCC)cc3)[C@]3(C)CCC12S3. The van der Waals surface area contributed by atoms with Crippen LogP contribution in [0.25, 0.3) is 0 Å². The number of likely N-dealkylation sites (tertiary alicyclic amines) is 1. The van der Waals surface area contributed by atoms with Gasteiger partial charge in [-0.3, -0.25) is 14.4 Å². The van der Waals surface area contributed by atoms with E-state index in [2.05, 4.69) is 24.5 Å². The van der Waals surface area contributed by atoms with Crippen LogP contribution in [-0.2, 0) is 14.4 Å². The predicted octanol–water partition coefficient (Wildman–Crippen LogP) is 3.19. The van der Waals surface area contributed by atoms with Gasteiger partial charge in [0.15, 0.2) is 0 Å². The molecule has 9 heteroatoms. The number of thioether (sulfide) groups is 1. The maximum absolute atomic E-state index is 13.9. The lowest BCUT2D eigenvalue weighted by molar-refractivity contribution is -0.139. The molecule has 3 saturated heterocycles. The van der Waals surface area contributed by atoms with E-state index in [-0.39, 0.29) is 24.3 Å². The summed E-state index contributed by atoms with van der Waals surface area (Å²) in [6, 6.07) is 6.66. The highest BCUT2D eigenvalue weighted by atomic mass is 32.2. The fourth-order valence-electron chi connectivity index (χ4n) is 6.27. The zero-order valence-corrected chi connectivity index (χ0v) is 22.4. The fourth-order valence-corrected chi connectivity index (χ4v) is 8.62. The van der Waals surface area contributed by atoms with Gasteiger partial charge in [-0.2, -0.15) is 0 Å². The minimum Gasteiger partial charge on any atom is -0.494 e. The molecule has 1 aromatic rings. The number of amides is 3. The normalized spacial score (nSPS) is 30.4. The molecule has 1 aromatic carbocycles. The Morgan fingerprint density at radius 2 is 1.89 bits per heavy atom. The lowest BCUT2D eigenvalue weighted by Gasteiger charge is -2.34. The number of fused-ring (bicyclic) bond motifs is 1. The molecule has 3 amide bonds. The Hall–Kier alpha value is -2.26. The zero-order valence-electron chi connectivity index (χ0n) is 21.5. The summed E-state index contributed by atoms with van der Waals surface area (Å²) >= 11 is 1.68. The average molecular weight is 518 g/mol. The number of ether oxygens (including phenoxy) is 1. The standard InChI is InChI=1S/C27H39N3O5S/c1-4-6-15-28-24(33)22-27-14-13-26(3,36-27)20(21(27)25(34)30(22)16-7-8-17-31)23(32)29-18-9-11-19(12-10-18)35-5-2/h9-12,20-22,31H,4-8,13-17H2,1-3H3,(H,28,33)(H,29,32)/t20-,21+,22?,26+,27?/m1/s1. The van der Waals surface area contributed by atoms with Gasteiger partial charge in [-0.05, 0) is 70.2 Å². The van der Waals surface area contributed by atoms with Crippen molar-refractivity contribution in [2.45, 2.75) is 74.8 Å². The van der Waals surface area contributed by atoms with Crippen LogP contribution in [0, 0.1) is 11.8 Å². The summed E-state index contributed by atoms with van der Waals surface area (Å²) in [6.07, 6.45) is 4.56. The minimum atomic E-state index is -0.609. The predicted molar refractivity (Wildman–Crippen MR) is 141 cm³/mol. The molecule has 2 unspecified atom stereocenters. The summed E-state index contributed by atoms with van der Waals surface area (Å²) in [4.78, 5) is 42.8. The second-order valence-electron chi connectivity index (χ2n) is 10.3. The number of nitrogens with zero attached hydrogens (tertiary/aromatic N) is 1. The molecular weight excluding hydrogens is 478 g/mol. The van der Waals surface area contributed by atoms with Crippen LogP contribution in [0.15, 0.2) is 24.3 Å². The first-order chi connectivity index (χ1) is 17.3. The first-order valence-electron chi connectivity index (χ1n) is 13.2. The Morgan fingerprint density at radius 1 is 1.14 bits per heavy atom. The first kappa shape index (κ1) is 26.8. The summed E-state index contributed by atoms with van der Waals surface area (Å²) in [6.45, 7) is 7.67. The number of anilines is 1. The van der Waals surface area contributed by atoms with Crippen molar-refractivity contribution in [1.29, 1.82) is 0 Å². The number of hydrogen-bond donors (Lipinski definition) is 3. The quantitative estimate of drug-likeness (QED) is 0.368. The molecule has 2 bridgehead atoms. The van der Waals surface area contributed by atoms with E-state index in [1.807, 2.05) is 31.2 Å². The number of carbonyl (C=O) groups excluding carboxylic acids is 3. The van der Waals surface area contributed by atoms with Crippen LogP contribution >= 0.6 is 11.8 Å². The Kier molecular flexibility index (Phi) is 8.19. The van der Waals surface area contributed by atoms with Crippen LogP contribution < -0.4 is 15.4 Å². The van der Waals surface area contributed by atoms with Gasteiger partial charge < -0.3 is 25.4 Å². The van der Waals surface area contributed by atoms with Gasteiger partial charge in [0.25, 0.3) is 0 Å². The highest BCUT2D eigenvalue weighted by molar-refractivity contribution is 8.02. The number of unbranched alkanes of at least 4 members (excludes halogenated alkanes) is 2. The summed E-state index contributed by atoms with van der Waals surface area (Å²) in [5, 5.41) is 15.4. The minimum absolute atomic E-state index is 0.0455. The number of rotatable bonds is 12. The topological polar surface area (TPSA) is 108 Å². The molecule has 4 rings (SSSR count). The summed E-state index contributed by atoms with van der Waals surface area (Å²) in [7, 11) is 0. The van der Waals surface area contributed by atoms with Crippen LogP contribution in [-0.4, -0.2) is 69.6 Å². The van der Waals surface area contributed by atoms with Gasteiger partial charge in [0, 0.05) is 30.1 Å². The van der Waals surface area contributed by atoms with Crippen molar-refractivity contribution in [3.8, 4) is 5.75 Å². The summed E-state index contributed by atoms with van der Waals surface area (Å²) < 4.78 is 4.48. The molecule has 1 spiro atoms. The van der Waals surface area contributed by atoms with Crippen molar-refractivity contribution < 1.29 is 24.2 Å². The van der Waals surface area contributed by atoms with E-state index in [9.17, 15) is 19.5 Å². The van der Waals surface area contributed by atoms with Gasteiger partial charge in [0.2, 0.25) is 17.7 Å². The van der Waals surface area contributed by atoms with Gasteiger partial charge in [-0.1, -0.05) is 13.3 Å². The van der Waals surface area contributed by atoms with E-state index < -0.39 is 27.4 Å². The van der Waals surface area contributed by atoms with Crippen molar-refractivity contribution in [2.75, 3.05) is 31.6 Å². The van der Waals surface area contributed by atoms with Gasteiger partial charge in [0.1, 0.15) is 11.8 Å². The third-order valence-electron chi connectivity index (χ3n) is 7.88. The van der Waals surface area contributed by atoms with Crippen LogP contribution in [0.2, 0.25) is 0 Å². The molecule has 198 valence electrons. The largest absolute Gasteiger partial charge is 0.494 e. The van der Waals surface area contributed by atoms with Crippen molar-refractivity contribution in [3.05, 3.63) is 24.3 Å². The number of carbonyl (C=O) groups is 3. The van der Waals surface area contributed by atoms with Crippen LogP contribution in [0.1, 0.15) is 59.3 Å². The molecule has 5 atom stereocenters. The Bertz CT molecular complexity index is 973. The molecule has 3 N–H and O–H groups in total. The Balaban J connectivity index is 1.60. The lowest BCUT2D eigenvalue weighted by Crippen LogP contribution is -2.54. The van der Waals surface area contributed by atoms with Crippen LogP contribution in [0.3, 0.4) is 0 Å². The van der Waals surface area contributed by atoms with E-state index in [1.165, 1.54) is 0 Å². The number of nitrogens with one attached hydrogen (secondary N) is 2. The summed E-state index contributed by atoms with van der Waals surface area (Å²) in [5.41, 5.74) is 0.660. The molecule has 0 aromatic heterocycles. The molecule has 0 aliphatic carbocycles. The molecular formula is C27H39N3O5S. The third-order valence-corrected chi connectivity index (χ3v) is 9.86.